The Balaban J connectivity index is 1.84. The van der Waals surface area contributed by atoms with Crippen molar-refractivity contribution < 1.29 is 13.2 Å². The van der Waals surface area contributed by atoms with Gasteiger partial charge in [0.05, 0.1) is 22.7 Å². The van der Waals surface area contributed by atoms with Crippen LogP contribution >= 0.6 is 15.9 Å². The van der Waals surface area contributed by atoms with Gasteiger partial charge in [0.15, 0.2) is 0 Å². The van der Waals surface area contributed by atoms with Gasteiger partial charge >= 0.3 is 0 Å². The van der Waals surface area contributed by atoms with Gasteiger partial charge in [0.25, 0.3) is 15.9 Å². The highest BCUT2D eigenvalue weighted by atomic mass is 79.9. The molecule has 0 fully saturated rings. The van der Waals surface area contributed by atoms with Gasteiger partial charge in [-0.25, -0.2) is 18.4 Å². The van der Waals surface area contributed by atoms with Crippen molar-refractivity contribution in [2.24, 2.45) is 0 Å². The van der Waals surface area contributed by atoms with Gasteiger partial charge in [0, 0.05) is 0 Å². The minimum Gasteiger partial charge on any atom is -0.470 e. The van der Waals surface area contributed by atoms with E-state index in [0.29, 0.717) is 10.2 Å². The predicted octanol–water partition coefficient (Wildman–Crippen LogP) is 3.49. The smallest absolute Gasteiger partial charge is 0.263 e. The number of anilines is 1. The van der Waals surface area contributed by atoms with Gasteiger partial charge in [-0.15, -0.1) is 0 Å². The Morgan fingerprint density at radius 3 is 2.48 bits per heavy atom. The predicted molar refractivity (Wildman–Crippen MR) is 102 cm³/mol. The number of benzene rings is 2. The molecule has 9 heteroatoms. The topological polar surface area (TPSA) is 105 Å². The zero-order valence-electron chi connectivity index (χ0n) is 13.8. The number of hydrogen-bond acceptors (Lipinski definition) is 6. The lowest BCUT2D eigenvalue weighted by Crippen LogP contribution is -2.15. The molecule has 0 saturated carbocycles. The Bertz CT molecular complexity index is 1080. The molecular weight excluding hydrogens is 432 g/mol. The van der Waals surface area contributed by atoms with Crippen LogP contribution in [0.5, 0.6) is 5.88 Å². The summed E-state index contributed by atoms with van der Waals surface area (Å²) in [6, 6.07) is 16.9. The van der Waals surface area contributed by atoms with Crippen molar-refractivity contribution in [3.63, 3.8) is 0 Å². The maximum Gasteiger partial charge on any atom is 0.263 e. The van der Waals surface area contributed by atoms with Crippen molar-refractivity contribution >= 4 is 31.8 Å². The van der Waals surface area contributed by atoms with Crippen LogP contribution in [0.25, 0.3) is 0 Å². The van der Waals surface area contributed by atoms with E-state index in [2.05, 4.69) is 30.6 Å². The van der Waals surface area contributed by atoms with Crippen molar-refractivity contribution in [3.05, 3.63) is 76.5 Å². The van der Waals surface area contributed by atoms with Crippen LogP contribution in [0, 0.1) is 11.3 Å². The highest BCUT2D eigenvalue weighted by Gasteiger charge is 2.19. The first kappa shape index (κ1) is 18.8. The average Bonchev–Trinajstić information content (AvgIpc) is 2.69. The quantitative estimate of drug-likeness (QED) is 0.623. The lowest BCUT2D eigenvalue weighted by atomic mass is 10.2. The molecule has 0 spiro atoms. The number of ether oxygens (including phenoxy) is 1. The number of nitriles is 1. The van der Waals surface area contributed by atoms with Gasteiger partial charge in [-0.2, -0.15) is 5.26 Å². The molecule has 1 heterocycles. The summed E-state index contributed by atoms with van der Waals surface area (Å²) in [6.07, 6.45) is 1.37. The average molecular weight is 445 g/mol. The van der Waals surface area contributed by atoms with E-state index in [4.69, 9.17) is 10.00 Å². The summed E-state index contributed by atoms with van der Waals surface area (Å²) in [5.74, 6) is 0.0175. The SMILES string of the molecule is N#Cc1ccc(S(=O)(=O)Nc2ncc(Br)nc2OCc2ccccc2)cc1. The second-order valence-corrected chi connectivity index (χ2v) is 7.86. The van der Waals surface area contributed by atoms with Crippen LogP contribution in [0.1, 0.15) is 11.1 Å². The molecule has 27 heavy (non-hydrogen) atoms. The Kier molecular flexibility index (Phi) is 5.69. The molecule has 0 radical (unpaired) electrons. The molecule has 0 bridgehead atoms. The van der Waals surface area contributed by atoms with Gasteiger partial charge in [-0.3, -0.25) is 4.72 Å². The van der Waals surface area contributed by atoms with Crippen LogP contribution in [-0.4, -0.2) is 18.4 Å². The zero-order chi connectivity index (χ0) is 19.3. The first-order valence-corrected chi connectivity index (χ1v) is 9.98. The lowest BCUT2D eigenvalue weighted by Gasteiger charge is -2.12. The summed E-state index contributed by atoms with van der Waals surface area (Å²) >= 11 is 3.20. The third-order valence-corrected chi connectivity index (χ3v) is 5.19. The second kappa shape index (κ2) is 8.16. The van der Waals surface area contributed by atoms with E-state index in [0.717, 1.165) is 5.56 Å². The zero-order valence-corrected chi connectivity index (χ0v) is 16.2. The molecular formula is C18H13BrN4O3S. The fraction of sp³-hybridized carbons (Fsp3) is 0.0556. The molecule has 0 aliphatic carbocycles. The number of aromatic nitrogens is 2. The summed E-state index contributed by atoms with van der Waals surface area (Å²) in [5, 5.41) is 8.83. The summed E-state index contributed by atoms with van der Waals surface area (Å²) in [4.78, 5) is 8.21. The number of hydrogen-bond donors (Lipinski definition) is 1. The first-order valence-electron chi connectivity index (χ1n) is 7.70. The number of sulfonamides is 1. The van der Waals surface area contributed by atoms with Crippen molar-refractivity contribution in [1.82, 2.24) is 9.97 Å². The Labute approximate surface area is 164 Å². The maximum atomic E-state index is 12.6. The molecule has 0 unspecified atom stereocenters. The third kappa shape index (κ3) is 4.81. The fourth-order valence-electron chi connectivity index (χ4n) is 2.14. The normalized spacial score (nSPS) is 10.8. The Morgan fingerprint density at radius 2 is 1.81 bits per heavy atom. The van der Waals surface area contributed by atoms with Crippen molar-refractivity contribution in [3.8, 4) is 11.9 Å². The summed E-state index contributed by atoms with van der Waals surface area (Å²) in [7, 11) is -3.91. The van der Waals surface area contributed by atoms with Crippen molar-refractivity contribution in [1.29, 1.82) is 5.26 Å². The molecule has 7 nitrogen and oxygen atoms in total. The number of halogens is 1. The van der Waals surface area contributed by atoms with Crippen LogP contribution < -0.4 is 9.46 Å². The van der Waals surface area contributed by atoms with E-state index in [1.165, 1.54) is 30.5 Å². The summed E-state index contributed by atoms with van der Waals surface area (Å²) in [5.41, 5.74) is 1.27. The van der Waals surface area contributed by atoms with Crippen LogP contribution in [0.15, 0.2) is 70.3 Å². The minimum atomic E-state index is -3.91. The largest absolute Gasteiger partial charge is 0.470 e. The van der Waals surface area contributed by atoms with E-state index >= 15 is 0 Å². The number of rotatable bonds is 6. The van der Waals surface area contributed by atoms with E-state index in [9.17, 15) is 8.42 Å². The fourth-order valence-corrected chi connectivity index (χ4v) is 3.41. The minimum absolute atomic E-state index is 0.000211. The van der Waals surface area contributed by atoms with Crippen LogP contribution in [0.3, 0.4) is 0 Å². The molecule has 1 N–H and O–H groups in total. The highest BCUT2D eigenvalue weighted by Crippen LogP contribution is 2.25. The molecule has 3 aromatic rings. The Hall–Kier alpha value is -2.96. The van der Waals surface area contributed by atoms with Crippen molar-refractivity contribution in [2.75, 3.05) is 4.72 Å². The Morgan fingerprint density at radius 1 is 1.11 bits per heavy atom. The summed E-state index contributed by atoms with van der Waals surface area (Å²) in [6.45, 7) is 0.206. The molecule has 0 aliphatic heterocycles. The number of nitrogens with zero attached hydrogens (tertiary/aromatic N) is 3. The van der Waals surface area contributed by atoms with Crippen LogP contribution in [0.4, 0.5) is 5.82 Å². The third-order valence-electron chi connectivity index (χ3n) is 3.45. The second-order valence-electron chi connectivity index (χ2n) is 5.36. The monoisotopic (exact) mass is 444 g/mol. The summed E-state index contributed by atoms with van der Waals surface area (Å²) < 4.78 is 33.6. The van der Waals surface area contributed by atoms with Crippen LogP contribution in [0.2, 0.25) is 0 Å². The molecule has 3 rings (SSSR count). The van der Waals surface area contributed by atoms with Gasteiger partial charge in [-0.1, -0.05) is 30.3 Å². The van der Waals surface area contributed by atoms with E-state index in [-0.39, 0.29) is 23.2 Å². The maximum absolute atomic E-state index is 12.6. The molecule has 0 saturated heterocycles. The lowest BCUT2D eigenvalue weighted by molar-refractivity contribution is 0.294. The van der Waals surface area contributed by atoms with Gasteiger partial charge in [-0.05, 0) is 45.8 Å². The van der Waals surface area contributed by atoms with Crippen LogP contribution in [-0.2, 0) is 16.6 Å². The highest BCUT2D eigenvalue weighted by molar-refractivity contribution is 9.10. The van der Waals surface area contributed by atoms with Gasteiger partial charge < -0.3 is 4.74 Å². The van der Waals surface area contributed by atoms with Crippen molar-refractivity contribution in [2.45, 2.75) is 11.5 Å². The molecule has 1 aromatic heterocycles. The van der Waals surface area contributed by atoms with E-state index < -0.39 is 10.0 Å². The first-order chi connectivity index (χ1) is 13.0. The van der Waals surface area contributed by atoms with E-state index in [1.54, 1.807) is 0 Å². The van der Waals surface area contributed by atoms with E-state index in [1.807, 2.05) is 36.4 Å². The van der Waals surface area contributed by atoms with Gasteiger partial charge in [0.2, 0.25) is 5.82 Å². The molecule has 0 amide bonds. The molecule has 136 valence electrons. The molecule has 2 aromatic carbocycles. The van der Waals surface area contributed by atoms with Gasteiger partial charge in [0.1, 0.15) is 11.2 Å². The standard InChI is InChI=1S/C18H13BrN4O3S/c19-16-11-21-17(18(22-16)26-12-14-4-2-1-3-5-14)23-27(24,25)15-8-6-13(10-20)7-9-15/h1-9,11H,12H2,(H,21,23). The number of nitrogens with one attached hydrogen (secondary N) is 1. The molecule has 0 atom stereocenters. The molecule has 0 aliphatic rings.